The van der Waals surface area contributed by atoms with Gasteiger partial charge in [-0.1, -0.05) is 36.1 Å². The van der Waals surface area contributed by atoms with Crippen LogP contribution in [0.4, 0.5) is 5.69 Å². The van der Waals surface area contributed by atoms with Gasteiger partial charge in [0, 0.05) is 26.3 Å². The van der Waals surface area contributed by atoms with Crippen LogP contribution in [0.15, 0.2) is 29.2 Å². The third-order valence-corrected chi connectivity index (χ3v) is 4.73. The Morgan fingerprint density at radius 1 is 1.35 bits per heavy atom. The van der Waals surface area contributed by atoms with E-state index in [9.17, 15) is 9.59 Å². The van der Waals surface area contributed by atoms with Gasteiger partial charge in [-0.25, -0.2) is 0 Å². The number of ether oxygens (including phenoxy) is 1. The predicted molar refractivity (Wildman–Crippen MR) is 97.3 cm³/mol. The minimum absolute atomic E-state index is 0.133. The van der Waals surface area contributed by atoms with E-state index in [0.717, 1.165) is 11.3 Å². The van der Waals surface area contributed by atoms with Gasteiger partial charge in [-0.3, -0.25) is 14.5 Å². The number of rotatable bonds is 5. The van der Waals surface area contributed by atoms with Crippen molar-refractivity contribution in [3.8, 4) is 0 Å². The number of thiocarbonyl (C=S) groups is 1. The summed E-state index contributed by atoms with van der Waals surface area (Å²) in [7, 11) is 5.27. The lowest BCUT2D eigenvalue weighted by Gasteiger charge is -2.13. The van der Waals surface area contributed by atoms with Gasteiger partial charge in [-0.05, 0) is 23.8 Å². The van der Waals surface area contributed by atoms with E-state index in [0.29, 0.717) is 9.23 Å². The van der Waals surface area contributed by atoms with E-state index >= 15 is 0 Å². The summed E-state index contributed by atoms with van der Waals surface area (Å²) in [5.74, 6) is -0.525. The Morgan fingerprint density at radius 3 is 2.57 bits per heavy atom. The van der Waals surface area contributed by atoms with Crippen LogP contribution in [-0.4, -0.2) is 48.8 Å². The lowest BCUT2D eigenvalue weighted by molar-refractivity contribution is -0.140. The maximum Gasteiger partial charge on any atom is 0.307 e. The van der Waals surface area contributed by atoms with Crippen LogP contribution < -0.4 is 4.90 Å². The van der Waals surface area contributed by atoms with Crippen LogP contribution in [0.2, 0.25) is 0 Å². The molecule has 1 aromatic rings. The zero-order valence-corrected chi connectivity index (χ0v) is 14.9. The SMILES string of the molecule is COC(=O)CCN1C(=O)/C(=C\c2ccc(N(C)C)cc2)SC1=S. The number of anilines is 1. The van der Waals surface area contributed by atoms with Gasteiger partial charge in [0.2, 0.25) is 0 Å². The van der Waals surface area contributed by atoms with Crippen molar-refractivity contribution in [3.05, 3.63) is 34.7 Å². The molecule has 0 atom stereocenters. The maximum atomic E-state index is 12.4. The number of nitrogens with zero attached hydrogens (tertiary/aromatic N) is 2. The summed E-state index contributed by atoms with van der Waals surface area (Å²) in [5.41, 5.74) is 2.02. The minimum Gasteiger partial charge on any atom is -0.469 e. The molecule has 2 rings (SSSR count). The third kappa shape index (κ3) is 4.33. The van der Waals surface area contributed by atoms with Crippen molar-refractivity contribution in [1.29, 1.82) is 0 Å². The molecule has 1 heterocycles. The number of thioether (sulfide) groups is 1. The van der Waals surface area contributed by atoms with E-state index < -0.39 is 0 Å². The molecule has 7 heteroatoms. The Hall–Kier alpha value is -1.86. The Labute approximate surface area is 145 Å². The summed E-state index contributed by atoms with van der Waals surface area (Å²) in [6.45, 7) is 0.244. The lowest BCUT2D eigenvalue weighted by Crippen LogP contribution is -2.30. The average Bonchev–Trinajstić information content (AvgIpc) is 2.79. The Kier molecular flexibility index (Phi) is 5.79. The van der Waals surface area contributed by atoms with Gasteiger partial charge in [0.1, 0.15) is 4.32 Å². The first-order chi connectivity index (χ1) is 10.9. The molecule has 0 spiro atoms. The highest BCUT2D eigenvalue weighted by Gasteiger charge is 2.32. The Balaban J connectivity index is 2.10. The number of methoxy groups -OCH3 is 1. The molecular formula is C16H18N2O3S2. The fourth-order valence-corrected chi connectivity index (χ4v) is 3.33. The van der Waals surface area contributed by atoms with E-state index in [2.05, 4.69) is 4.74 Å². The molecule has 0 saturated carbocycles. The van der Waals surface area contributed by atoms with Crippen LogP contribution in [0.1, 0.15) is 12.0 Å². The fourth-order valence-electron chi connectivity index (χ4n) is 2.02. The number of benzene rings is 1. The molecule has 1 aromatic carbocycles. The molecule has 122 valence electrons. The topological polar surface area (TPSA) is 49.9 Å². The van der Waals surface area contributed by atoms with E-state index in [1.807, 2.05) is 49.3 Å². The monoisotopic (exact) mass is 350 g/mol. The summed E-state index contributed by atoms with van der Waals surface area (Å²) in [5, 5.41) is 0. The zero-order chi connectivity index (χ0) is 17.0. The number of hydrogen-bond acceptors (Lipinski definition) is 6. The Bertz CT molecular complexity index is 654. The van der Waals surface area contributed by atoms with Gasteiger partial charge >= 0.3 is 5.97 Å². The van der Waals surface area contributed by atoms with Gasteiger partial charge < -0.3 is 9.64 Å². The molecule has 1 fully saturated rings. The molecule has 1 saturated heterocycles. The molecule has 23 heavy (non-hydrogen) atoms. The molecule has 0 unspecified atom stereocenters. The fraction of sp³-hybridized carbons (Fsp3) is 0.312. The first kappa shape index (κ1) is 17.5. The van der Waals surface area contributed by atoms with Gasteiger partial charge in [0.25, 0.3) is 5.91 Å². The normalized spacial score (nSPS) is 16.1. The number of hydrogen-bond donors (Lipinski definition) is 0. The molecule has 1 aliphatic heterocycles. The minimum atomic E-state index is -0.359. The Morgan fingerprint density at radius 2 is 2.00 bits per heavy atom. The van der Waals surface area contributed by atoms with Crippen LogP contribution in [0.3, 0.4) is 0 Å². The van der Waals surface area contributed by atoms with Crippen molar-refractivity contribution in [2.24, 2.45) is 0 Å². The molecule has 1 amide bonds. The van der Waals surface area contributed by atoms with Crippen molar-refractivity contribution in [2.45, 2.75) is 6.42 Å². The lowest BCUT2D eigenvalue weighted by atomic mass is 10.2. The molecule has 1 aliphatic rings. The highest BCUT2D eigenvalue weighted by molar-refractivity contribution is 8.26. The molecule has 0 aliphatic carbocycles. The molecular weight excluding hydrogens is 332 g/mol. The summed E-state index contributed by atoms with van der Waals surface area (Å²) in [4.78, 5) is 27.6. The van der Waals surface area contributed by atoms with Gasteiger partial charge in [-0.15, -0.1) is 0 Å². The van der Waals surface area contributed by atoms with Crippen molar-refractivity contribution < 1.29 is 14.3 Å². The van der Waals surface area contributed by atoms with Crippen LogP contribution in [0.25, 0.3) is 6.08 Å². The van der Waals surface area contributed by atoms with Crippen molar-refractivity contribution in [1.82, 2.24) is 4.90 Å². The van der Waals surface area contributed by atoms with Gasteiger partial charge in [0.05, 0.1) is 18.4 Å². The summed E-state index contributed by atoms with van der Waals surface area (Å²) >= 11 is 6.48. The number of amides is 1. The largest absolute Gasteiger partial charge is 0.469 e. The van der Waals surface area contributed by atoms with E-state index in [1.54, 1.807) is 0 Å². The summed E-state index contributed by atoms with van der Waals surface area (Å²) < 4.78 is 5.06. The molecule has 0 radical (unpaired) electrons. The molecule has 0 N–H and O–H groups in total. The number of esters is 1. The van der Waals surface area contributed by atoms with E-state index in [-0.39, 0.29) is 24.8 Å². The second kappa shape index (κ2) is 7.61. The highest BCUT2D eigenvalue weighted by Crippen LogP contribution is 2.32. The first-order valence-corrected chi connectivity index (χ1v) is 8.24. The van der Waals surface area contributed by atoms with Crippen LogP contribution in [-0.2, 0) is 14.3 Å². The first-order valence-electron chi connectivity index (χ1n) is 7.02. The smallest absolute Gasteiger partial charge is 0.307 e. The molecule has 5 nitrogen and oxygen atoms in total. The van der Waals surface area contributed by atoms with E-state index in [4.69, 9.17) is 12.2 Å². The predicted octanol–water partition coefficient (Wildman–Crippen LogP) is 2.52. The molecule has 0 bridgehead atoms. The van der Waals surface area contributed by atoms with Gasteiger partial charge in [0.15, 0.2) is 0 Å². The standard InChI is InChI=1S/C16H18N2O3S2/c1-17(2)12-6-4-11(5-7-12)10-13-15(20)18(16(22)23-13)9-8-14(19)21-3/h4-7,10H,8-9H2,1-3H3/b13-10+. The second-order valence-electron chi connectivity index (χ2n) is 5.15. The summed E-state index contributed by atoms with van der Waals surface area (Å²) in [6, 6.07) is 7.89. The number of carbonyl (C=O) groups excluding carboxylic acids is 2. The molecule has 0 aromatic heterocycles. The zero-order valence-electron chi connectivity index (χ0n) is 13.2. The van der Waals surface area contributed by atoms with Crippen LogP contribution in [0.5, 0.6) is 0 Å². The second-order valence-corrected chi connectivity index (χ2v) is 6.82. The van der Waals surface area contributed by atoms with Crippen LogP contribution in [0, 0.1) is 0 Å². The maximum absolute atomic E-state index is 12.4. The van der Waals surface area contributed by atoms with Crippen molar-refractivity contribution in [2.75, 3.05) is 32.6 Å². The summed E-state index contributed by atoms with van der Waals surface area (Å²) in [6.07, 6.45) is 1.95. The highest BCUT2D eigenvalue weighted by atomic mass is 32.2. The average molecular weight is 350 g/mol. The number of carbonyl (C=O) groups is 2. The van der Waals surface area contributed by atoms with Gasteiger partial charge in [-0.2, -0.15) is 0 Å². The van der Waals surface area contributed by atoms with E-state index in [1.165, 1.54) is 23.8 Å². The van der Waals surface area contributed by atoms with Crippen molar-refractivity contribution >= 4 is 51.9 Å². The quantitative estimate of drug-likeness (QED) is 0.462. The third-order valence-electron chi connectivity index (χ3n) is 3.35. The van der Waals surface area contributed by atoms with Crippen molar-refractivity contribution in [3.63, 3.8) is 0 Å². The van der Waals surface area contributed by atoms with Crippen LogP contribution >= 0.6 is 24.0 Å².